The van der Waals surface area contributed by atoms with E-state index in [-0.39, 0.29) is 12.1 Å². The van der Waals surface area contributed by atoms with Crippen LogP contribution in [0, 0.1) is 0 Å². The minimum Gasteiger partial charge on any atom is -0.383 e. The third-order valence-electron chi connectivity index (χ3n) is 4.15. The van der Waals surface area contributed by atoms with Gasteiger partial charge in [-0.15, -0.1) is 0 Å². The third kappa shape index (κ3) is 4.80. The number of nitrogens with one attached hydrogen (secondary N) is 2. The molecule has 0 radical (unpaired) electrons. The summed E-state index contributed by atoms with van der Waals surface area (Å²) in [6, 6.07) is 0.620. The van der Waals surface area contributed by atoms with Crippen LogP contribution >= 0.6 is 0 Å². The lowest BCUT2D eigenvalue weighted by atomic mass is 10.0. The molecule has 0 bridgehead atoms. The Bertz CT molecular complexity index is 333. The van der Waals surface area contributed by atoms with Gasteiger partial charge in [0, 0.05) is 32.3 Å². The van der Waals surface area contributed by atoms with Crippen LogP contribution in [-0.2, 0) is 4.74 Å². The van der Waals surface area contributed by atoms with Gasteiger partial charge in [0.25, 0.3) is 0 Å². The van der Waals surface area contributed by atoms with Gasteiger partial charge in [-0.25, -0.2) is 4.79 Å². The Hall–Kier alpha value is -1.07. The lowest BCUT2D eigenvalue weighted by Crippen LogP contribution is -2.47. The number of urea groups is 1. The molecule has 0 saturated carbocycles. The second-order valence-electron chi connectivity index (χ2n) is 5.64. The molecule has 0 spiro atoms. The molecule has 1 aliphatic heterocycles. The summed E-state index contributed by atoms with van der Waals surface area (Å²) >= 11 is 0. The lowest BCUT2D eigenvalue weighted by Gasteiger charge is -2.25. The summed E-state index contributed by atoms with van der Waals surface area (Å²) in [5, 5.41) is 6.03. The fourth-order valence-corrected chi connectivity index (χ4v) is 2.99. The molecule has 0 aromatic rings. The number of hydrogen-bond donors (Lipinski definition) is 2. The van der Waals surface area contributed by atoms with Gasteiger partial charge in [-0.05, 0) is 38.6 Å². The van der Waals surface area contributed by atoms with Crippen LogP contribution in [0.4, 0.5) is 4.79 Å². The molecule has 1 heterocycles. The number of rotatable bonds is 6. The largest absolute Gasteiger partial charge is 0.383 e. The van der Waals surface area contributed by atoms with Gasteiger partial charge < -0.3 is 15.4 Å². The van der Waals surface area contributed by atoms with E-state index in [1.54, 1.807) is 7.11 Å². The van der Waals surface area contributed by atoms with Gasteiger partial charge in [0.2, 0.25) is 0 Å². The molecule has 0 aromatic heterocycles. The van der Waals surface area contributed by atoms with E-state index in [1.165, 1.54) is 6.42 Å². The highest BCUT2D eigenvalue weighted by Gasteiger charge is 2.24. The van der Waals surface area contributed by atoms with E-state index >= 15 is 0 Å². The van der Waals surface area contributed by atoms with E-state index in [9.17, 15) is 4.79 Å². The lowest BCUT2D eigenvalue weighted by molar-refractivity contribution is 0.140. The van der Waals surface area contributed by atoms with Gasteiger partial charge in [0.1, 0.15) is 0 Å². The van der Waals surface area contributed by atoms with E-state index in [4.69, 9.17) is 4.74 Å². The number of likely N-dealkylation sites (tertiary alicyclic amines) is 1. The highest BCUT2D eigenvalue weighted by Crippen LogP contribution is 2.16. The fraction of sp³-hybridized carbons (Fsp3) is 0.800. The highest BCUT2D eigenvalue weighted by molar-refractivity contribution is 5.74. The molecule has 20 heavy (non-hydrogen) atoms. The summed E-state index contributed by atoms with van der Waals surface area (Å²) in [7, 11) is 1.73. The molecule has 114 valence electrons. The molecular weight excluding hydrogens is 254 g/mol. The van der Waals surface area contributed by atoms with Crippen LogP contribution in [0.1, 0.15) is 32.1 Å². The number of nitrogens with zero attached hydrogens (tertiary/aromatic N) is 1. The van der Waals surface area contributed by atoms with Crippen LogP contribution in [0.15, 0.2) is 12.2 Å². The van der Waals surface area contributed by atoms with Crippen molar-refractivity contribution in [2.24, 2.45) is 0 Å². The van der Waals surface area contributed by atoms with Crippen molar-refractivity contribution in [3.63, 3.8) is 0 Å². The van der Waals surface area contributed by atoms with E-state index in [1.807, 2.05) is 0 Å². The number of carbonyl (C=O) groups is 1. The third-order valence-corrected chi connectivity index (χ3v) is 4.15. The maximum absolute atomic E-state index is 11.9. The smallest absolute Gasteiger partial charge is 0.315 e. The van der Waals surface area contributed by atoms with Crippen molar-refractivity contribution in [1.29, 1.82) is 0 Å². The Kier molecular flexibility index (Phi) is 6.33. The number of methoxy groups -OCH3 is 1. The first-order valence-corrected chi connectivity index (χ1v) is 7.73. The Morgan fingerprint density at radius 1 is 1.40 bits per heavy atom. The molecule has 5 heteroatoms. The fourth-order valence-electron chi connectivity index (χ4n) is 2.99. The summed E-state index contributed by atoms with van der Waals surface area (Å²) < 4.78 is 5.13. The standard InChI is InChI=1S/C15H27N3O2/c1-20-11-10-18-9-5-8-14(18)12-16-15(19)17-13-6-3-2-4-7-13/h3,6,13-14H,2,4-5,7-12H2,1H3,(H2,16,17,19)/t13-,14+/m0/s1. The van der Waals surface area contributed by atoms with Crippen molar-refractivity contribution in [2.45, 2.75) is 44.2 Å². The zero-order chi connectivity index (χ0) is 14.2. The second kappa shape index (κ2) is 8.27. The monoisotopic (exact) mass is 281 g/mol. The van der Waals surface area contributed by atoms with E-state index < -0.39 is 0 Å². The van der Waals surface area contributed by atoms with E-state index in [0.717, 1.165) is 51.9 Å². The van der Waals surface area contributed by atoms with Crippen LogP contribution in [-0.4, -0.2) is 56.4 Å². The molecule has 2 N–H and O–H groups in total. The molecular formula is C15H27N3O2. The van der Waals surface area contributed by atoms with E-state index in [0.29, 0.717) is 6.04 Å². The van der Waals surface area contributed by atoms with Crippen molar-refractivity contribution in [3.05, 3.63) is 12.2 Å². The molecule has 1 fully saturated rings. The summed E-state index contributed by atoms with van der Waals surface area (Å²) in [6.07, 6.45) is 9.97. The Labute approximate surface area is 121 Å². The van der Waals surface area contributed by atoms with Crippen molar-refractivity contribution in [2.75, 3.05) is 33.4 Å². The summed E-state index contributed by atoms with van der Waals surface area (Å²) in [6.45, 7) is 3.56. The summed E-state index contributed by atoms with van der Waals surface area (Å²) in [5.74, 6) is 0. The van der Waals surface area contributed by atoms with Crippen molar-refractivity contribution in [1.82, 2.24) is 15.5 Å². The first kappa shape index (κ1) is 15.3. The minimum atomic E-state index is -0.0415. The first-order valence-electron chi connectivity index (χ1n) is 7.73. The van der Waals surface area contributed by atoms with Crippen LogP contribution in [0.2, 0.25) is 0 Å². The normalized spacial score (nSPS) is 26.6. The molecule has 2 amide bonds. The van der Waals surface area contributed by atoms with Crippen LogP contribution < -0.4 is 10.6 Å². The zero-order valence-corrected chi connectivity index (χ0v) is 12.4. The van der Waals surface area contributed by atoms with Crippen LogP contribution in [0.3, 0.4) is 0 Å². The SMILES string of the molecule is COCCN1CCC[C@@H]1CNC(=O)N[C@H]1C=CCCC1. The Balaban J connectivity index is 1.66. The van der Waals surface area contributed by atoms with Gasteiger partial charge >= 0.3 is 6.03 Å². The molecule has 5 nitrogen and oxygen atoms in total. The number of allylic oxidation sites excluding steroid dienone is 1. The second-order valence-corrected chi connectivity index (χ2v) is 5.64. The molecule has 0 aromatic carbocycles. The number of amides is 2. The highest BCUT2D eigenvalue weighted by atomic mass is 16.5. The number of carbonyl (C=O) groups excluding carboxylic acids is 1. The zero-order valence-electron chi connectivity index (χ0n) is 12.4. The maximum Gasteiger partial charge on any atom is 0.315 e. The van der Waals surface area contributed by atoms with Gasteiger partial charge in [-0.2, -0.15) is 0 Å². The van der Waals surface area contributed by atoms with Gasteiger partial charge in [-0.1, -0.05) is 12.2 Å². The molecule has 2 aliphatic rings. The molecule has 1 saturated heterocycles. The average Bonchev–Trinajstić information content (AvgIpc) is 2.91. The molecule has 2 atom stereocenters. The number of hydrogen-bond acceptors (Lipinski definition) is 3. The maximum atomic E-state index is 11.9. The van der Waals surface area contributed by atoms with Crippen molar-refractivity contribution >= 4 is 6.03 Å². The minimum absolute atomic E-state index is 0.0415. The predicted octanol–water partition coefficient (Wildman–Crippen LogP) is 1.51. The van der Waals surface area contributed by atoms with Gasteiger partial charge in [0.15, 0.2) is 0 Å². The van der Waals surface area contributed by atoms with Gasteiger partial charge in [0.05, 0.1) is 6.61 Å². The number of ether oxygens (including phenoxy) is 1. The average molecular weight is 281 g/mol. The van der Waals surface area contributed by atoms with E-state index in [2.05, 4.69) is 27.7 Å². The van der Waals surface area contributed by atoms with Crippen molar-refractivity contribution < 1.29 is 9.53 Å². The van der Waals surface area contributed by atoms with Gasteiger partial charge in [-0.3, -0.25) is 4.90 Å². The van der Waals surface area contributed by atoms with Crippen molar-refractivity contribution in [3.8, 4) is 0 Å². The summed E-state index contributed by atoms with van der Waals surface area (Å²) in [4.78, 5) is 14.3. The van der Waals surface area contributed by atoms with Crippen LogP contribution in [0.25, 0.3) is 0 Å². The topological polar surface area (TPSA) is 53.6 Å². The molecule has 1 aliphatic carbocycles. The molecule has 0 unspecified atom stereocenters. The Morgan fingerprint density at radius 3 is 3.05 bits per heavy atom. The van der Waals surface area contributed by atoms with Crippen LogP contribution in [0.5, 0.6) is 0 Å². The predicted molar refractivity (Wildman–Crippen MR) is 79.8 cm³/mol. The summed E-state index contributed by atoms with van der Waals surface area (Å²) in [5.41, 5.74) is 0. The molecule has 2 rings (SSSR count). The first-order chi connectivity index (χ1) is 9.79. The Morgan fingerprint density at radius 2 is 2.30 bits per heavy atom. The quantitative estimate of drug-likeness (QED) is 0.726.